The fourth-order valence-electron chi connectivity index (χ4n) is 2.44. The van der Waals surface area contributed by atoms with Gasteiger partial charge >= 0.3 is 0 Å². The molecule has 1 aliphatic rings. The molecule has 4 nitrogen and oxygen atoms in total. The molecule has 106 valence electrons. The second kappa shape index (κ2) is 6.37. The molecule has 1 aromatic rings. The van der Waals surface area contributed by atoms with E-state index in [1.165, 1.54) is 5.56 Å². The maximum absolute atomic E-state index is 6.32. The molecule has 0 saturated carbocycles. The predicted molar refractivity (Wildman–Crippen MR) is 76.6 cm³/mol. The Morgan fingerprint density at radius 2 is 2.21 bits per heavy atom. The van der Waals surface area contributed by atoms with E-state index in [1.54, 1.807) is 7.11 Å². The van der Waals surface area contributed by atoms with Gasteiger partial charge in [0.25, 0.3) is 0 Å². The second-order valence-corrected chi connectivity index (χ2v) is 5.30. The third-order valence-corrected chi connectivity index (χ3v) is 3.62. The van der Waals surface area contributed by atoms with E-state index in [1.807, 2.05) is 12.1 Å². The van der Waals surface area contributed by atoms with Crippen molar-refractivity contribution in [2.75, 3.05) is 26.8 Å². The molecule has 0 radical (unpaired) electrons. The van der Waals surface area contributed by atoms with Crippen LogP contribution in [0.2, 0.25) is 0 Å². The van der Waals surface area contributed by atoms with Crippen molar-refractivity contribution in [3.63, 3.8) is 0 Å². The van der Waals surface area contributed by atoms with E-state index in [0.29, 0.717) is 5.92 Å². The van der Waals surface area contributed by atoms with Gasteiger partial charge < -0.3 is 20.5 Å². The van der Waals surface area contributed by atoms with Crippen LogP contribution in [-0.2, 0) is 4.74 Å². The molecule has 3 N–H and O–H groups in total. The predicted octanol–water partition coefficient (Wildman–Crippen LogP) is 1.81. The van der Waals surface area contributed by atoms with Gasteiger partial charge in [-0.05, 0) is 23.1 Å². The van der Waals surface area contributed by atoms with Crippen LogP contribution in [0.25, 0.3) is 0 Å². The Labute approximate surface area is 115 Å². The summed E-state index contributed by atoms with van der Waals surface area (Å²) in [6.45, 7) is 6.76. The first-order chi connectivity index (χ1) is 9.13. The molecule has 0 bridgehead atoms. The minimum atomic E-state index is -0.101. The monoisotopic (exact) mass is 264 g/mol. The van der Waals surface area contributed by atoms with Crippen LogP contribution < -0.4 is 15.8 Å². The number of morpholine rings is 1. The Balaban J connectivity index is 2.21. The lowest BCUT2D eigenvalue weighted by Gasteiger charge is -2.29. The summed E-state index contributed by atoms with van der Waals surface area (Å²) in [5.41, 5.74) is 8.63. The highest BCUT2D eigenvalue weighted by Crippen LogP contribution is 2.30. The molecule has 1 fully saturated rings. The van der Waals surface area contributed by atoms with Gasteiger partial charge in [-0.2, -0.15) is 0 Å². The molecule has 19 heavy (non-hydrogen) atoms. The minimum absolute atomic E-state index is 0.0437. The Morgan fingerprint density at radius 3 is 2.79 bits per heavy atom. The Bertz CT molecular complexity index is 415. The Morgan fingerprint density at radius 1 is 1.42 bits per heavy atom. The normalized spacial score (nSPS) is 21.4. The molecule has 2 rings (SSSR count). The fraction of sp³-hybridized carbons (Fsp3) is 0.600. The molecule has 0 aliphatic carbocycles. The molecule has 1 aromatic carbocycles. The Kier molecular flexibility index (Phi) is 4.80. The van der Waals surface area contributed by atoms with E-state index in [-0.39, 0.29) is 12.1 Å². The number of benzene rings is 1. The van der Waals surface area contributed by atoms with E-state index < -0.39 is 0 Å². The highest BCUT2D eigenvalue weighted by atomic mass is 16.5. The summed E-state index contributed by atoms with van der Waals surface area (Å²) in [5.74, 6) is 1.33. The van der Waals surface area contributed by atoms with Crippen LogP contribution in [0.4, 0.5) is 0 Å². The molecule has 1 heterocycles. The lowest BCUT2D eigenvalue weighted by atomic mass is 9.94. The number of methoxy groups -OCH3 is 1. The standard InChI is InChI=1S/C15H24N2O2/c1-10(2)12-8-11(4-5-13(12)18-3)15(16)14-9-17-6-7-19-14/h4-5,8,10,14-15,17H,6-7,9,16H2,1-3H3. The number of rotatable bonds is 4. The van der Waals surface area contributed by atoms with Crippen LogP contribution in [0, 0.1) is 0 Å². The number of nitrogens with one attached hydrogen (secondary N) is 1. The summed E-state index contributed by atoms with van der Waals surface area (Å²) < 4.78 is 11.1. The number of hydrogen-bond acceptors (Lipinski definition) is 4. The zero-order chi connectivity index (χ0) is 13.8. The SMILES string of the molecule is COc1ccc(C(N)C2CNCCO2)cc1C(C)C. The maximum Gasteiger partial charge on any atom is 0.122 e. The molecular formula is C15H24N2O2. The molecule has 2 atom stereocenters. The number of ether oxygens (including phenoxy) is 2. The van der Waals surface area contributed by atoms with Crippen LogP contribution in [0.1, 0.15) is 36.9 Å². The first-order valence-electron chi connectivity index (χ1n) is 6.89. The molecule has 2 unspecified atom stereocenters. The molecule has 1 saturated heterocycles. The quantitative estimate of drug-likeness (QED) is 0.871. The van der Waals surface area contributed by atoms with Crippen molar-refractivity contribution in [3.05, 3.63) is 29.3 Å². The topological polar surface area (TPSA) is 56.5 Å². The van der Waals surface area contributed by atoms with Gasteiger partial charge in [0.15, 0.2) is 0 Å². The summed E-state index contributed by atoms with van der Waals surface area (Å²) in [5, 5.41) is 3.32. The van der Waals surface area contributed by atoms with Crippen LogP contribution in [0.3, 0.4) is 0 Å². The number of nitrogens with two attached hydrogens (primary N) is 1. The third kappa shape index (κ3) is 3.26. The van der Waals surface area contributed by atoms with Crippen LogP contribution in [-0.4, -0.2) is 32.9 Å². The first kappa shape index (κ1) is 14.3. The zero-order valence-electron chi connectivity index (χ0n) is 12.0. The second-order valence-electron chi connectivity index (χ2n) is 5.30. The molecule has 1 aliphatic heterocycles. The van der Waals surface area contributed by atoms with Gasteiger partial charge in [-0.1, -0.05) is 26.0 Å². The zero-order valence-corrected chi connectivity index (χ0v) is 12.0. The van der Waals surface area contributed by atoms with E-state index in [0.717, 1.165) is 31.0 Å². The van der Waals surface area contributed by atoms with E-state index in [4.69, 9.17) is 15.2 Å². The summed E-state index contributed by atoms with van der Waals surface area (Å²) in [4.78, 5) is 0. The van der Waals surface area contributed by atoms with Gasteiger partial charge in [0.1, 0.15) is 5.75 Å². The molecule has 4 heteroatoms. The fourth-order valence-corrected chi connectivity index (χ4v) is 2.44. The smallest absolute Gasteiger partial charge is 0.122 e. The summed E-state index contributed by atoms with van der Waals surface area (Å²) in [6.07, 6.45) is 0.0437. The largest absolute Gasteiger partial charge is 0.496 e. The van der Waals surface area contributed by atoms with E-state index in [2.05, 4.69) is 25.2 Å². The van der Waals surface area contributed by atoms with Crippen molar-refractivity contribution in [1.82, 2.24) is 5.32 Å². The van der Waals surface area contributed by atoms with Gasteiger partial charge in [-0.15, -0.1) is 0 Å². The average Bonchev–Trinajstić information content (AvgIpc) is 2.46. The van der Waals surface area contributed by atoms with Gasteiger partial charge in [-0.3, -0.25) is 0 Å². The number of hydrogen-bond donors (Lipinski definition) is 2. The van der Waals surface area contributed by atoms with Crippen LogP contribution >= 0.6 is 0 Å². The summed E-state index contributed by atoms with van der Waals surface area (Å²) >= 11 is 0. The minimum Gasteiger partial charge on any atom is -0.496 e. The molecular weight excluding hydrogens is 240 g/mol. The first-order valence-corrected chi connectivity index (χ1v) is 6.89. The average molecular weight is 264 g/mol. The van der Waals surface area contributed by atoms with Gasteiger partial charge in [0.05, 0.1) is 25.9 Å². The van der Waals surface area contributed by atoms with Gasteiger partial charge in [-0.25, -0.2) is 0 Å². The highest BCUT2D eigenvalue weighted by molar-refractivity contribution is 5.40. The maximum atomic E-state index is 6.32. The molecule has 0 aromatic heterocycles. The lowest BCUT2D eigenvalue weighted by Crippen LogP contribution is -2.44. The van der Waals surface area contributed by atoms with E-state index in [9.17, 15) is 0 Å². The summed E-state index contributed by atoms with van der Waals surface area (Å²) in [7, 11) is 1.70. The van der Waals surface area contributed by atoms with Crippen LogP contribution in [0.5, 0.6) is 5.75 Å². The van der Waals surface area contributed by atoms with Gasteiger partial charge in [0.2, 0.25) is 0 Å². The van der Waals surface area contributed by atoms with Crippen molar-refractivity contribution >= 4 is 0 Å². The van der Waals surface area contributed by atoms with Gasteiger partial charge in [0, 0.05) is 13.1 Å². The highest BCUT2D eigenvalue weighted by Gasteiger charge is 2.23. The van der Waals surface area contributed by atoms with Crippen molar-refractivity contribution in [1.29, 1.82) is 0 Å². The van der Waals surface area contributed by atoms with Crippen molar-refractivity contribution in [2.45, 2.75) is 31.9 Å². The van der Waals surface area contributed by atoms with E-state index >= 15 is 0 Å². The van der Waals surface area contributed by atoms with Crippen molar-refractivity contribution < 1.29 is 9.47 Å². The van der Waals surface area contributed by atoms with Crippen molar-refractivity contribution in [3.8, 4) is 5.75 Å². The molecule has 0 amide bonds. The summed E-state index contributed by atoms with van der Waals surface area (Å²) in [6, 6.07) is 6.08. The lowest BCUT2D eigenvalue weighted by molar-refractivity contribution is 0.0122. The molecule has 0 spiro atoms. The third-order valence-electron chi connectivity index (χ3n) is 3.62. The van der Waals surface area contributed by atoms with Crippen LogP contribution in [0.15, 0.2) is 18.2 Å². The van der Waals surface area contributed by atoms with Crippen molar-refractivity contribution in [2.24, 2.45) is 5.73 Å². The Hall–Kier alpha value is -1.10.